The van der Waals surface area contributed by atoms with Crippen LogP contribution >= 0.6 is 0 Å². The van der Waals surface area contributed by atoms with Gasteiger partial charge in [-0.1, -0.05) is 0 Å². The summed E-state index contributed by atoms with van der Waals surface area (Å²) in [5.41, 5.74) is 3.71. The first kappa shape index (κ1) is 13.3. The molecule has 0 aromatic carbocycles. The SMILES string of the molecule is CCOc1c2ccn3c(c-2c(NC(C)C)c1F)CCC3. The third-order valence-corrected chi connectivity index (χ3v) is 3.77. The van der Waals surface area contributed by atoms with Crippen LogP contribution in [0.3, 0.4) is 0 Å². The summed E-state index contributed by atoms with van der Waals surface area (Å²) in [6.45, 7) is 7.42. The summed E-state index contributed by atoms with van der Waals surface area (Å²) in [4.78, 5) is 0. The van der Waals surface area contributed by atoms with Crippen LogP contribution in [0, 0.1) is 5.82 Å². The predicted octanol–water partition coefficient (Wildman–Crippen LogP) is 3.90. The van der Waals surface area contributed by atoms with Crippen molar-refractivity contribution in [1.82, 2.24) is 4.57 Å². The van der Waals surface area contributed by atoms with E-state index in [1.54, 1.807) is 0 Å². The molecule has 0 saturated heterocycles. The van der Waals surface area contributed by atoms with Gasteiger partial charge in [-0.05, 0) is 39.7 Å². The van der Waals surface area contributed by atoms with Gasteiger partial charge in [0.25, 0.3) is 0 Å². The summed E-state index contributed by atoms with van der Waals surface area (Å²) in [6.07, 6.45) is 4.17. The molecule has 20 heavy (non-hydrogen) atoms. The van der Waals surface area contributed by atoms with E-state index in [2.05, 4.69) is 9.88 Å². The maximum absolute atomic E-state index is 14.7. The molecular formula is C16H21FN2O. The van der Waals surface area contributed by atoms with Gasteiger partial charge in [0.2, 0.25) is 0 Å². The molecule has 108 valence electrons. The van der Waals surface area contributed by atoms with Gasteiger partial charge in [-0.3, -0.25) is 0 Å². The van der Waals surface area contributed by atoms with Gasteiger partial charge in [0.1, 0.15) is 0 Å². The van der Waals surface area contributed by atoms with Gasteiger partial charge in [0, 0.05) is 35.6 Å². The summed E-state index contributed by atoms with van der Waals surface area (Å²) in [6, 6.07) is 2.16. The van der Waals surface area contributed by atoms with E-state index in [1.165, 1.54) is 5.69 Å². The molecule has 3 aliphatic rings. The number of pyridine rings is 1. The first-order valence-corrected chi connectivity index (χ1v) is 7.36. The average Bonchev–Trinajstić information content (AvgIpc) is 2.96. The van der Waals surface area contributed by atoms with Crippen LogP contribution < -0.4 is 10.1 Å². The van der Waals surface area contributed by atoms with Crippen LogP contribution in [0.25, 0.3) is 11.1 Å². The van der Waals surface area contributed by atoms with Gasteiger partial charge in [0.15, 0.2) is 11.6 Å². The number of hydrogen-bond acceptors (Lipinski definition) is 2. The number of rotatable bonds is 4. The second-order valence-electron chi connectivity index (χ2n) is 5.60. The molecule has 0 atom stereocenters. The van der Waals surface area contributed by atoms with Crippen molar-refractivity contribution in [1.29, 1.82) is 0 Å². The Balaban J connectivity index is 2.23. The van der Waals surface area contributed by atoms with Gasteiger partial charge in [-0.2, -0.15) is 0 Å². The Hall–Kier alpha value is -1.71. The van der Waals surface area contributed by atoms with E-state index in [1.807, 2.05) is 33.0 Å². The number of nitrogens with one attached hydrogen (secondary N) is 1. The molecule has 0 radical (unpaired) electrons. The monoisotopic (exact) mass is 276 g/mol. The number of halogens is 1. The highest BCUT2D eigenvalue weighted by Crippen LogP contribution is 2.48. The topological polar surface area (TPSA) is 26.2 Å². The number of anilines is 1. The van der Waals surface area contributed by atoms with Gasteiger partial charge in [0.05, 0.1) is 12.3 Å². The zero-order valence-electron chi connectivity index (χ0n) is 12.3. The quantitative estimate of drug-likeness (QED) is 0.916. The summed E-state index contributed by atoms with van der Waals surface area (Å²) < 4.78 is 22.5. The van der Waals surface area contributed by atoms with Crippen molar-refractivity contribution < 1.29 is 9.13 Å². The molecule has 4 heteroatoms. The number of aryl methyl sites for hydroxylation is 1. The van der Waals surface area contributed by atoms with Crippen LogP contribution in [0.15, 0.2) is 12.3 Å². The molecule has 0 fully saturated rings. The van der Waals surface area contributed by atoms with Gasteiger partial charge < -0.3 is 14.6 Å². The predicted molar refractivity (Wildman–Crippen MR) is 79.3 cm³/mol. The van der Waals surface area contributed by atoms with Crippen molar-refractivity contribution in [2.75, 3.05) is 11.9 Å². The molecule has 3 rings (SSSR count). The van der Waals surface area contributed by atoms with Crippen molar-refractivity contribution in [3.05, 3.63) is 23.8 Å². The highest BCUT2D eigenvalue weighted by molar-refractivity contribution is 5.90. The largest absolute Gasteiger partial charge is 0.490 e. The minimum atomic E-state index is -0.253. The zero-order chi connectivity index (χ0) is 14.3. The Labute approximate surface area is 119 Å². The van der Waals surface area contributed by atoms with E-state index in [4.69, 9.17) is 4.74 Å². The smallest absolute Gasteiger partial charge is 0.189 e. The van der Waals surface area contributed by atoms with Crippen molar-refractivity contribution >= 4 is 5.69 Å². The minimum absolute atomic E-state index is 0.187. The normalized spacial score (nSPS) is 14.1. The molecule has 0 bridgehead atoms. The minimum Gasteiger partial charge on any atom is -0.490 e. The standard InChI is InChI=1S/C16H21FN2O/c1-4-20-16-11-7-9-19-8-5-6-12(19)13(11)15(14(16)17)18-10(2)3/h7,9-10,18H,4-6,8H2,1-3H3. The maximum atomic E-state index is 14.7. The molecule has 0 saturated carbocycles. The van der Waals surface area contributed by atoms with E-state index < -0.39 is 0 Å². The molecule has 3 nitrogen and oxygen atoms in total. The Morgan fingerprint density at radius 3 is 2.95 bits per heavy atom. The van der Waals surface area contributed by atoms with Gasteiger partial charge >= 0.3 is 0 Å². The summed E-state index contributed by atoms with van der Waals surface area (Å²) in [5.74, 6) is 0.136. The summed E-state index contributed by atoms with van der Waals surface area (Å²) in [7, 11) is 0. The molecule has 0 unspecified atom stereocenters. The molecule has 1 aliphatic carbocycles. The second kappa shape index (κ2) is 5.00. The van der Waals surface area contributed by atoms with E-state index in [0.717, 1.165) is 30.5 Å². The van der Waals surface area contributed by atoms with Gasteiger partial charge in [-0.15, -0.1) is 0 Å². The molecule has 0 amide bonds. The van der Waals surface area contributed by atoms with Gasteiger partial charge in [-0.25, -0.2) is 4.39 Å². The summed E-state index contributed by atoms with van der Waals surface area (Å²) >= 11 is 0. The van der Waals surface area contributed by atoms with Crippen molar-refractivity contribution in [2.45, 2.75) is 46.2 Å². The Kier molecular flexibility index (Phi) is 3.32. The van der Waals surface area contributed by atoms with Crippen molar-refractivity contribution in [2.24, 2.45) is 0 Å². The molecular weight excluding hydrogens is 255 g/mol. The van der Waals surface area contributed by atoms with Crippen LogP contribution in [0.1, 0.15) is 32.9 Å². The number of ether oxygens (including phenoxy) is 1. The van der Waals surface area contributed by atoms with Crippen LogP contribution in [0.2, 0.25) is 0 Å². The van der Waals surface area contributed by atoms with E-state index in [9.17, 15) is 4.39 Å². The van der Waals surface area contributed by atoms with Crippen LogP contribution in [-0.4, -0.2) is 17.2 Å². The van der Waals surface area contributed by atoms with Crippen molar-refractivity contribution in [3.8, 4) is 16.9 Å². The fraction of sp³-hybridized carbons (Fsp3) is 0.500. The lowest BCUT2D eigenvalue weighted by Gasteiger charge is -2.15. The maximum Gasteiger partial charge on any atom is 0.189 e. The van der Waals surface area contributed by atoms with E-state index >= 15 is 0 Å². The highest BCUT2D eigenvalue weighted by Gasteiger charge is 2.30. The fourth-order valence-corrected chi connectivity index (χ4v) is 3.05. The number of fused-ring (bicyclic) bond motifs is 3. The summed E-state index contributed by atoms with van der Waals surface area (Å²) in [5, 5.41) is 3.26. The van der Waals surface area contributed by atoms with E-state index in [-0.39, 0.29) is 11.9 Å². The third kappa shape index (κ3) is 1.94. The number of nitrogens with zero attached hydrogens (tertiary/aromatic N) is 1. The Morgan fingerprint density at radius 2 is 2.25 bits per heavy atom. The highest BCUT2D eigenvalue weighted by atomic mass is 19.1. The Bertz CT molecular complexity index is 603. The number of aromatic nitrogens is 1. The second-order valence-corrected chi connectivity index (χ2v) is 5.60. The lowest BCUT2D eigenvalue weighted by molar-refractivity contribution is 0.325. The lowest BCUT2D eigenvalue weighted by Crippen LogP contribution is -2.11. The first-order valence-electron chi connectivity index (χ1n) is 7.36. The molecule has 2 heterocycles. The average molecular weight is 276 g/mol. The van der Waals surface area contributed by atoms with Crippen LogP contribution in [0.4, 0.5) is 10.1 Å². The zero-order valence-corrected chi connectivity index (χ0v) is 12.3. The number of hydrogen-bond donors (Lipinski definition) is 1. The lowest BCUT2D eigenvalue weighted by atomic mass is 10.1. The molecule has 1 N–H and O–H groups in total. The molecule has 2 aliphatic heterocycles. The molecule has 0 spiro atoms. The van der Waals surface area contributed by atoms with Crippen LogP contribution in [-0.2, 0) is 13.0 Å². The first-order chi connectivity index (χ1) is 9.63. The van der Waals surface area contributed by atoms with Crippen molar-refractivity contribution in [3.63, 3.8) is 0 Å². The Morgan fingerprint density at radius 1 is 1.45 bits per heavy atom. The van der Waals surface area contributed by atoms with E-state index in [0.29, 0.717) is 18.0 Å². The third-order valence-electron chi connectivity index (χ3n) is 3.77. The van der Waals surface area contributed by atoms with Crippen LogP contribution in [0.5, 0.6) is 5.75 Å². The molecule has 0 aromatic heterocycles. The fourth-order valence-electron chi connectivity index (χ4n) is 3.05. The molecule has 0 aromatic rings.